The van der Waals surface area contributed by atoms with E-state index in [1.54, 1.807) is 0 Å². The summed E-state index contributed by atoms with van der Waals surface area (Å²) < 4.78 is 11.4. The SMILES string of the molecule is CC1(CO)CCCC2(C)C1CCC13CC(CCC12)C(O)(CO[C@@H]1O[C@H](CO)[C@@H](O)[C@H](O)[C@H]1O)C3. The van der Waals surface area contributed by atoms with Crippen LogP contribution < -0.4 is 0 Å². The van der Waals surface area contributed by atoms with E-state index in [9.17, 15) is 30.6 Å². The lowest BCUT2D eigenvalue weighted by Gasteiger charge is -2.64. The van der Waals surface area contributed by atoms with Crippen LogP contribution in [0, 0.1) is 34.0 Å². The molecule has 0 aromatic heterocycles. The molecule has 0 amide bonds. The van der Waals surface area contributed by atoms with Gasteiger partial charge in [0.05, 0.1) is 18.8 Å². The Kier molecular flexibility index (Phi) is 6.42. The van der Waals surface area contributed by atoms with E-state index in [4.69, 9.17) is 9.47 Å². The normalized spacial score (nSPS) is 57.2. The van der Waals surface area contributed by atoms with Gasteiger partial charge in [-0.2, -0.15) is 0 Å². The molecule has 0 aromatic carbocycles. The fraction of sp³-hybridized carbons (Fsp3) is 1.00. The fourth-order valence-electron chi connectivity index (χ4n) is 9.55. The number of ether oxygens (including phenoxy) is 2. The minimum atomic E-state index is -1.49. The zero-order valence-corrected chi connectivity index (χ0v) is 20.6. The minimum absolute atomic E-state index is 0.0106. The van der Waals surface area contributed by atoms with Gasteiger partial charge in [0.15, 0.2) is 6.29 Å². The second-order valence-corrected chi connectivity index (χ2v) is 12.9. The predicted molar refractivity (Wildman–Crippen MR) is 122 cm³/mol. The van der Waals surface area contributed by atoms with Crippen molar-refractivity contribution in [3.63, 3.8) is 0 Å². The van der Waals surface area contributed by atoms with Crippen LogP contribution >= 0.6 is 0 Å². The maximum atomic E-state index is 11.8. The van der Waals surface area contributed by atoms with Crippen LogP contribution in [-0.2, 0) is 9.47 Å². The summed E-state index contributed by atoms with van der Waals surface area (Å²) in [6.45, 7) is 4.43. The molecule has 12 atom stereocenters. The Hall–Kier alpha value is -0.320. The Morgan fingerprint density at radius 3 is 2.38 bits per heavy atom. The van der Waals surface area contributed by atoms with Gasteiger partial charge in [-0.3, -0.25) is 0 Å². The third-order valence-corrected chi connectivity index (χ3v) is 11.1. The van der Waals surface area contributed by atoms with Crippen molar-refractivity contribution < 1.29 is 40.1 Å². The number of hydrogen-bond acceptors (Lipinski definition) is 8. The van der Waals surface area contributed by atoms with Crippen molar-refractivity contribution in [2.75, 3.05) is 19.8 Å². The van der Waals surface area contributed by atoms with Crippen molar-refractivity contribution in [3.8, 4) is 0 Å². The van der Waals surface area contributed by atoms with Crippen molar-refractivity contribution in [2.45, 2.75) is 108 Å². The van der Waals surface area contributed by atoms with Crippen LogP contribution in [0.3, 0.4) is 0 Å². The first-order chi connectivity index (χ1) is 16.0. The molecule has 196 valence electrons. The second kappa shape index (κ2) is 8.62. The molecule has 5 rings (SSSR count). The minimum Gasteiger partial charge on any atom is -0.396 e. The molecule has 1 heterocycles. The van der Waals surface area contributed by atoms with Crippen molar-refractivity contribution >= 4 is 0 Å². The van der Waals surface area contributed by atoms with Crippen LogP contribution in [0.25, 0.3) is 0 Å². The van der Waals surface area contributed by atoms with Crippen molar-refractivity contribution in [1.29, 1.82) is 0 Å². The highest BCUT2D eigenvalue weighted by atomic mass is 16.7. The van der Waals surface area contributed by atoms with Crippen LogP contribution in [0.5, 0.6) is 0 Å². The Bertz CT molecular complexity index is 763. The average molecular weight is 485 g/mol. The van der Waals surface area contributed by atoms with Gasteiger partial charge < -0.3 is 40.1 Å². The fourth-order valence-corrected chi connectivity index (χ4v) is 9.55. The number of aliphatic hydroxyl groups excluding tert-OH is 5. The molecule has 1 spiro atoms. The lowest BCUT2D eigenvalue weighted by molar-refractivity contribution is -0.310. The molecule has 4 saturated carbocycles. The Morgan fingerprint density at radius 2 is 1.68 bits per heavy atom. The van der Waals surface area contributed by atoms with E-state index in [1.807, 2.05) is 0 Å². The molecule has 0 aromatic rings. The third kappa shape index (κ3) is 3.63. The molecule has 8 heteroatoms. The van der Waals surface area contributed by atoms with E-state index in [0.29, 0.717) is 18.3 Å². The summed E-state index contributed by atoms with van der Waals surface area (Å²) >= 11 is 0. The summed E-state index contributed by atoms with van der Waals surface area (Å²) in [6, 6.07) is 0. The van der Waals surface area contributed by atoms with E-state index in [-0.39, 0.29) is 35.4 Å². The molecule has 1 aliphatic heterocycles. The zero-order valence-electron chi connectivity index (χ0n) is 20.6. The number of fused-ring (bicyclic) bond motifs is 3. The van der Waals surface area contributed by atoms with E-state index < -0.39 is 42.9 Å². The average Bonchev–Trinajstić information content (AvgIpc) is 3.01. The van der Waals surface area contributed by atoms with E-state index in [1.165, 1.54) is 6.42 Å². The summed E-state index contributed by atoms with van der Waals surface area (Å²) in [7, 11) is 0. The molecule has 0 radical (unpaired) electrons. The van der Waals surface area contributed by atoms with Crippen LogP contribution in [-0.4, -0.2) is 86.8 Å². The standard InChI is InChI=1S/C26H44O8/c1-23(13-28)7-3-8-24(2)17(23)6-9-25-10-15(4-5-18(24)25)26(32,12-25)14-33-22-21(31)20(30)19(29)16(11-27)34-22/h15-22,27-32H,3-14H2,1-2H3/t15?,16-,17?,18?,19-,20+,21-,22-,23?,24?,25?,26?/m1/s1. The van der Waals surface area contributed by atoms with Gasteiger partial charge in [0.25, 0.3) is 0 Å². The number of rotatable bonds is 5. The topological polar surface area (TPSA) is 140 Å². The van der Waals surface area contributed by atoms with Crippen LogP contribution in [0.2, 0.25) is 0 Å². The van der Waals surface area contributed by atoms with Gasteiger partial charge in [-0.05, 0) is 85.4 Å². The summed E-state index contributed by atoms with van der Waals surface area (Å²) in [5.74, 6) is 1.13. The maximum absolute atomic E-state index is 11.8. The van der Waals surface area contributed by atoms with Gasteiger partial charge >= 0.3 is 0 Å². The molecule has 5 aliphatic rings. The first kappa shape index (κ1) is 25.3. The summed E-state index contributed by atoms with van der Waals surface area (Å²) in [5.41, 5.74) is -0.823. The van der Waals surface area contributed by atoms with Gasteiger partial charge in [0.2, 0.25) is 0 Å². The monoisotopic (exact) mass is 484 g/mol. The quantitative estimate of drug-likeness (QED) is 0.339. The molecule has 6 N–H and O–H groups in total. The second-order valence-electron chi connectivity index (χ2n) is 12.9. The molecule has 7 unspecified atom stereocenters. The van der Waals surface area contributed by atoms with Gasteiger partial charge in [0, 0.05) is 6.61 Å². The van der Waals surface area contributed by atoms with Crippen LogP contribution in [0.4, 0.5) is 0 Å². The van der Waals surface area contributed by atoms with Crippen LogP contribution in [0.15, 0.2) is 0 Å². The summed E-state index contributed by atoms with van der Waals surface area (Å²) in [4.78, 5) is 0. The zero-order chi connectivity index (χ0) is 24.5. The van der Waals surface area contributed by atoms with E-state index in [2.05, 4.69) is 13.8 Å². The maximum Gasteiger partial charge on any atom is 0.186 e. The summed E-state index contributed by atoms with van der Waals surface area (Å²) in [6.07, 6.45) is 2.60. The molecule has 5 fully saturated rings. The van der Waals surface area contributed by atoms with Crippen molar-refractivity contribution in [2.24, 2.45) is 34.0 Å². The lowest BCUT2D eigenvalue weighted by atomic mass is 9.41. The van der Waals surface area contributed by atoms with Gasteiger partial charge in [-0.1, -0.05) is 20.3 Å². The number of hydrogen-bond donors (Lipinski definition) is 6. The van der Waals surface area contributed by atoms with E-state index >= 15 is 0 Å². The van der Waals surface area contributed by atoms with Gasteiger partial charge in [-0.25, -0.2) is 0 Å². The smallest absolute Gasteiger partial charge is 0.186 e. The first-order valence-corrected chi connectivity index (χ1v) is 13.3. The van der Waals surface area contributed by atoms with Gasteiger partial charge in [0.1, 0.15) is 24.4 Å². The Morgan fingerprint density at radius 1 is 0.912 bits per heavy atom. The molecular formula is C26H44O8. The lowest BCUT2D eigenvalue weighted by Crippen LogP contribution is -2.59. The highest BCUT2D eigenvalue weighted by molar-refractivity contribution is 5.17. The molecule has 4 aliphatic carbocycles. The van der Waals surface area contributed by atoms with Crippen molar-refractivity contribution in [3.05, 3.63) is 0 Å². The molecule has 2 bridgehead atoms. The molecule has 1 saturated heterocycles. The molecule has 8 nitrogen and oxygen atoms in total. The van der Waals surface area contributed by atoms with Crippen LogP contribution in [0.1, 0.15) is 71.6 Å². The first-order valence-electron chi connectivity index (χ1n) is 13.3. The summed E-state index contributed by atoms with van der Waals surface area (Å²) in [5, 5.41) is 62.0. The van der Waals surface area contributed by atoms with Gasteiger partial charge in [-0.15, -0.1) is 0 Å². The third-order valence-electron chi connectivity index (χ3n) is 11.1. The van der Waals surface area contributed by atoms with Crippen molar-refractivity contribution in [1.82, 2.24) is 0 Å². The Balaban J connectivity index is 1.32. The number of aliphatic hydroxyl groups is 6. The molecular weight excluding hydrogens is 440 g/mol. The van der Waals surface area contributed by atoms with E-state index in [0.717, 1.165) is 44.9 Å². The Labute approximate surface area is 202 Å². The predicted octanol–water partition coefficient (Wildman–Crippen LogP) is 0.939. The largest absolute Gasteiger partial charge is 0.396 e. The molecule has 34 heavy (non-hydrogen) atoms. The highest BCUT2D eigenvalue weighted by Crippen LogP contribution is 2.72. The highest BCUT2D eigenvalue weighted by Gasteiger charge is 2.67.